The molecule has 0 aliphatic carbocycles. The largest absolute Gasteiger partial charge is 0.456 e. The molecule has 0 fully saturated rings. The van der Waals surface area contributed by atoms with Crippen LogP contribution in [0, 0.1) is 10.1 Å². The Morgan fingerprint density at radius 1 is 1.19 bits per heavy atom. The average Bonchev–Trinajstić information content (AvgIpc) is 3.06. The quantitative estimate of drug-likeness (QED) is 0.427. The van der Waals surface area contributed by atoms with Gasteiger partial charge in [0.05, 0.1) is 21.7 Å². The van der Waals surface area contributed by atoms with E-state index in [1.807, 2.05) is 24.3 Å². The van der Waals surface area contributed by atoms with Gasteiger partial charge in [0.1, 0.15) is 6.61 Å². The number of nitro benzene ring substituents is 1. The summed E-state index contributed by atoms with van der Waals surface area (Å²) in [6, 6.07) is 14.0. The standard InChI is InChI=1S/C20H13N3O4/c24-20-19-16(10-27-20)22-15-7-6-14-13(5-2-8-21-14)18(15)17(19)11-3-1-4-12(9-11)23(25)26/h1-9,17,22H,10H2. The van der Waals surface area contributed by atoms with E-state index in [1.54, 1.807) is 18.3 Å². The van der Waals surface area contributed by atoms with Crippen LogP contribution in [0.1, 0.15) is 17.0 Å². The van der Waals surface area contributed by atoms with Gasteiger partial charge in [-0.1, -0.05) is 18.2 Å². The van der Waals surface area contributed by atoms with Crippen molar-refractivity contribution in [2.45, 2.75) is 5.92 Å². The predicted octanol–water partition coefficient (Wildman–Crippen LogP) is 3.51. The van der Waals surface area contributed by atoms with Gasteiger partial charge >= 0.3 is 5.97 Å². The second-order valence-corrected chi connectivity index (χ2v) is 6.48. The van der Waals surface area contributed by atoms with Crippen LogP contribution in [-0.4, -0.2) is 22.5 Å². The Bertz CT molecular complexity index is 1170. The summed E-state index contributed by atoms with van der Waals surface area (Å²) < 4.78 is 5.25. The lowest BCUT2D eigenvalue weighted by molar-refractivity contribution is -0.384. The fraction of sp³-hybridized carbons (Fsp3) is 0.100. The molecule has 1 unspecified atom stereocenters. The highest BCUT2D eigenvalue weighted by atomic mass is 16.6. The maximum atomic E-state index is 12.5. The number of hydrogen-bond donors (Lipinski definition) is 1. The molecule has 1 N–H and O–H groups in total. The van der Waals surface area contributed by atoms with E-state index in [9.17, 15) is 14.9 Å². The van der Waals surface area contributed by atoms with Gasteiger partial charge in [0.2, 0.25) is 0 Å². The van der Waals surface area contributed by atoms with Crippen LogP contribution in [0.2, 0.25) is 0 Å². The number of fused-ring (bicyclic) bond motifs is 3. The van der Waals surface area contributed by atoms with Crippen LogP contribution in [0.3, 0.4) is 0 Å². The third-order valence-electron chi connectivity index (χ3n) is 5.00. The van der Waals surface area contributed by atoms with E-state index >= 15 is 0 Å². The molecule has 0 spiro atoms. The van der Waals surface area contributed by atoms with Gasteiger partial charge in [-0.05, 0) is 29.3 Å². The summed E-state index contributed by atoms with van der Waals surface area (Å²) in [6.45, 7) is 0.171. The van der Waals surface area contributed by atoms with Gasteiger partial charge < -0.3 is 10.1 Å². The molecule has 0 saturated carbocycles. The zero-order valence-electron chi connectivity index (χ0n) is 14.0. The minimum absolute atomic E-state index is 0.0144. The molecule has 0 bridgehead atoms. The van der Waals surface area contributed by atoms with Gasteiger partial charge in [-0.25, -0.2) is 4.79 Å². The van der Waals surface area contributed by atoms with Crippen molar-refractivity contribution < 1.29 is 14.5 Å². The van der Waals surface area contributed by atoms with Crippen molar-refractivity contribution in [3.05, 3.63) is 87.2 Å². The number of cyclic esters (lactones) is 1. The number of nitrogens with zero attached hydrogens (tertiary/aromatic N) is 2. The fourth-order valence-electron chi connectivity index (χ4n) is 3.87. The van der Waals surface area contributed by atoms with Gasteiger partial charge in [-0.3, -0.25) is 15.1 Å². The average molecular weight is 359 g/mol. The van der Waals surface area contributed by atoms with Gasteiger partial charge in [0, 0.05) is 35.3 Å². The smallest absolute Gasteiger partial charge is 0.337 e. The number of anilines is 1. The summed E-state index contributed by atoms with van der Waals surface area (Å²) in [5.41, 5.74) is 4.38. The zero-order valence-corrected chi connectivity index (χ0v) is 14.0. The highest BCUT2D eigenvalue weighted by Gasteiger charge is 2.39. The maximum Gasteiger partial charge on any atom is 0.337 e. The number of nitro groups is 1. The van der Waals surface area contributed by atoms with Crippen molar-refractivity contribution in [3.63, 3.8) is 0 Å². The number of carbonyl (C=O) groups is 1. The Labute approximate surface area is 153 Å². The van der Waals surface area contributed by atoms with E-state index in [2.05, 4.69) is 10.3 Å². The lowest BCUT2D eigenvalue weighted by atomic mass is 9.79. The highest BCUT2D eigenvalue weighted by molar-refractivity contribution is 6.00. The maximum absolute atomic E-state index is 12.5. The Morgan fingerprint density at radius 3 is 2.93 bits per heavy atom. The van der Waals surface area contributed by atoms with E-state index in [-0.39, 0.29) is 12.3 Å². The summed E-state index contributed by atoms with van der Waals surface area (Å²) >= 11 is 0. The summed E-state index contributed by atoms with van der Waals surface area (Å²) in [6.07, 6.45) is 1.71. The molecule has 0 radical (unpaired) electrons. The van der Waals surface area contributed by atoms with Crippen LogP contribution in [0.15, 0.2) is 66.0 Å². The van der Waals surface area contributed by atoms with Crippen LogP contribution in [0.5, 0.6) is 0 Å². The van der Waals surface area contributed by atoms with Crippen LogP contribution < -0.4 is 5.32 Å². The number of carbonyl (C=O) groups excluding carboxylic acids is 1. The molecule has 2 aliphatic heterocycles. The van der Waals surface area contributed by atoms with Crippen molar-refractivity contribution in [1.29, 1.82) is 0 Å². The van der Waals surface area contributed by atoms with Crippen LogP contribution in [0.4, 0.5) is 11.4 Å². The second kappa shape index (κ2) is 5.63. The van der Waals surface area contributed by atoms with E-state index < -0.39 is 16.8 Å². The van der Waals surface area contributed by atoms with Gasteiger partial charge in [0.25, 0.3) is 5.69 Å². The summed E-state index contributed by atoms with van der Waals surface area (Å²) in [5.74, 6) is -0.861. The van der Waals surface area contributed by atoms with E-state index in [0.29, 0.717) is 16.8 Å². The van der Waals surface area contributed by atoms with E-state index in [1.165, 1.54) is 12.1 Å². The van der Waals surface area contributed by atoms with Crippen molar-refractivity contribution in [2.24, 2.45) is 0 Å². The Hall–Kier alpha value is -3.74. The molecule has 3 aromatic rings. The van der Waals surface area contributed by atoms with Gasteiger partial charge in [-0.15, -0.1) is 0 Å². The van der Waals surface area contributed by atoms with Crippen LogP contribution in [-0.2, 0) is 9.53 Å². The zero-order chi connectivity index (χ0) is 18.5. The Morgan fingerprint density at radius 2 is 2.07 bits per heavy atom. The molecule has 132 valence electrons. The molecular weight excluding hydrogens is 346 g/mol. The summed E-state index contributed by atoms with van der Waals surface area (Å²) in [7, 11) is 0. The molecule has 7 heteroatoms. The van der Waals surface area contributed by atoms with Crippen LogP contribution in [0.25, 0.3) is 10.9 Å². The first kappa shape index (κ1) is 15.5. The van der Waals surface area contributed by atoms with Gasteiger partial charge in [0.15, 0.2) is 0 Å². The second-order valence-electron chi connectivity index (χ2n) is 6.48. The SMILES string of the molecule is O=C1OCC2=C1C(c1cccc([N+](=O)[O-])c1)c1c(ccc3ncccc13)N2. The first-order valence-electron chi connectivity index (χ1n) is 8.42. The molecular formula is C20H13N3O4. The molecule has 2 aliphatic rings. The molecule has 27 heavy (non-hydrogen) atoms. The number of pyridine rings is 1. The number of ether oxygens (including phenoxy) is 1. The van der Waals surface area contributed by atoms with Crippen molar-refractivity contribution in [1.82, 2.24) is 4.98 Å². The third kappa shape index (κ3) is 2.28. The summed E-state index contributed by atoms with van der Waals surface area (Å²) in [4.78, 5) is 27.7. The molecule has 3 heterocycles. The number of rotatable bonds is 2. The molecule has 2 aromatic carbocycles. The van der Waals surface area contributed by atoms with E-state index in [0.717, 1.165) is 22.2 Å². The number of nitrogens with one attached hydrogen (secondary N) is 1. The third-order valence-corrected chi connectivity index (χ3v) is 5.00. The fourth-order valence-corrected chi connectivity index (χ4v) is 3.87. The number of hydrogen-bond acceptors (Lipinski definition) is 6. The number of esters is 1. The van der Waals surface area contributed by atoms with Crippen molar-refractivity contribution in [2.75, 3.05) is 11.9 Å². The lowest BCUT2D eigenvalue weighted by Gasteiger charge is -2.28. The first-order chi connectivity index (χ1) is 13.1. The number of non-ortho nitro benzene ring substituents is 1. The Kier molecular flexibility index (Phi) is 3.24. The van der Waals surface area contributed by atoms with Crippen LogP contribution >= 0.6 is 0 Å². The molecule has 0 amide bonds. The molecule has 1 aromatic heterocycles. The Balaban J connectivity index is 1.82. The monoisotopic (exact) mass is 359 g/mol. The normalized spacial score (nSPS) is 17.9. The molecule has 7 nitrogen and oxygen atoms in total. The highest BCUT2D eigenvalue weighted by Crippen LogP contribution is 2.47. The minimum Gasteiger partial charge on any atom is -0.456 e. The van der Waals surface area contributed by atoms with E-state index in [4.69, 9.17) is 4.74 Å². The molecule has 5 rings (SSSR count). The topological polar surface area (TPSA) is 94.4 Å². The van der Waals surface area contributed by atoms with Gasteiger partial charge in [-0.2, -0.15) is 0 Å². The lowest BCUT2D eigenvalue weighted by Crippen LogP contribution is -2.20. The summed E-state index contributed by atoms with van der Waals surface area (Å²) in [5, 5.41) is 15.5. The van der Waals surface area contributed by atoms with Crippen molar-refractivity contribution in [3.8, 4) is 0 Å². The first-order valence-corrected chi connectivity index (χ1v) is 8.42. The minimum atomic E-state index is -0.459. The predicted molar refractivity (Wildman–Crippen MR) is 98.3 cm³/mol. The van der Waals surface area contributed by atoms with Crippen molar-refractivity contribution >= 4 is 28.2 Å². The number of benzene rings is 2. The number of aromatic nitrogens is 1. The molecule has 1 atom stereocenters. The molecule has 0 saturated heterocycles.